The molecule has 0 radical (unpaired) electrons. The molecule has 0 spiro atoms. The molecule has 0 fully saturated rings. The van der Waals surface area contributed by atoms with E-state index < -0.39 is 62.2 Å². The van der Waals surface area contributed by atoms with Gasteiger partial charge in [-0.1, -0.05) is 17.7 Å². The Hall–Kier alpha value is 1.08. The first-order chi connectivity index (χ1) is 15.0. The summed E-state index contributed by atoms with van der Waals surface area (Å²) in [5.74, 6) is -1.08. The summed E-state index contributed by atoms with van der Waals surface area (Å²) in [6.07, 6.45) is 0. The maximum absolute atomic E-state index is 11.7. The van der Waals surface area contributed by atoms with Crippen LogP contribution in [0.25, 0.3) is 10.8 Å². The Morgan fingerprint density at radius 2 is 1.36 bits per heavy atom. The SMILES string of the molecule is Cc1cc(N=Nc2c(O)c(S(=O)(=O)O)cc3cc(S(=O)(=O)O)ccc23)c(S(=O)(=O)O)cc1Cl.[Ca+2].[Na+].[Sr+2]. The zero-order chi connectivity index (χ0) is 24.9. The van der Waals surface area contributed by atoms with E-state index in [-0.39, 0.29) is 129 Å². The second kappa shape index (κ2) is 13.6. The number of phenolic OH excluding ortho intramolecular Hbond substituents is 1. The molecule has 0 saturated heterocycles. The van der Waals surface area contributed by atoms with Crippen molar-refractivity contribution < 1.29 is 73.6 Å². The van der Waals surface area contributed by atoms with Gasteiger partial charge in [0, 0.05) is 10.4 Å². The van der Waals surface area contributed by atoms with E-state index in [1.807, 2.05) is 0 Å². The van der Waals surface area contributed by atoms with Crippen molar-refractivity contribution in [1.29, 1.82) is 0 Å². The standard InChI is InChI=1S/C17H13ClN2O10S3.Ca.Na.Sr/c1-8-4-13(14(7-12(8)18)32(25,26)27)19-20-16-11-3-2-10(31(22,23)24)5-9(11)6-15(17(16)21)33(28,29)30;;;/h2-7,21H,1H3,(H,22,23,24)(H,25,26,27)(H,28,29,30);;;/q;+2;+1;+2. The molecular formula is C17H13CaClN2NaO10S3Sr+5. The van der Waals surface area contributed by atoms with Gasteiger partial charge in [-0.05, 0) is 48.2 Å². The number of hydrogen-bond donors (Lipinski definition) is 4. The normalized spacial score (nSPS) is 12.0. The van der Waals surface area contributed by atoms with Gasteiger partial charge in [0.2, 0.25) is 0 Å². The van der Waals surface area contributed by atoms with Gasteiger partial charge in [-0.25, -0.2) is 0 Å². The second-order valence-electron chi connectivity index (χ2n) is 6.65. The number of aromatic hydroxyl groups is 1. The predicted molar refractivity (Wildman–Crippen MR) is 127 cm³/mol. The van der Waals surface area contributed by atoms with Gasteiger partial charge in [-0.2, -0.15) is 25.3 Å². The topological polar surface area (TPSA) is 208 Å². The van der Waals surface area contributed by atoms with Gasteiger partial charge in [0.15, 0.2) is 5.75 Å². The fraction of sp³-hybridized carbons (Fsp3) is 0.0588. The van der Waals surface area contributed by atoms with Gasteiger partial charge in [-0.15, -0.1) is 10.2 Å². The molecule has 0 aliphatic rings. The number of hydrogen-bond acceptors (Lipinski definition) is 9. The molecule has 12 nitrogen and oxygen atoms in total. The Morgan fingerprint density at radius 1 is 0.806 bits per heavy atom. The molecule has 3 rings (SSSR count). The first-order valence-electron chi connectivity index (χ1n) is 8.44. The molecule has 0 bridgehead atoms. The number of azo groups is 1. The second-order valence-corrected chi connectivity index (χ2v) is 11.3. The third-order valence-corrected chi connectivity index (χ3v) is 7.38. The van der Waals surface area contributed by atoms with Crippen LogP contribution in [0.4, 0.5) is 11.4 Å². The quantitative estimate of drug-likeness (QED) is 0.159. The Morgan fingerprint density at radius 3 is 1.86 bits per heavy atom. The number of aryl methyl sites for hydroxylation is 1. The largest absolute Gasteiger partial charge is 2.00 e. The van der Waals surface area contributed by atoms with Crippen molar-refractivity contribution in [2.24, 2.45) is 10.2 Å². The summed E-state index contributed by atoms with van der Waals surface area (Å²) in [5.41, 5.74) is -0.661. The van der Waals surface area contributed by atoms with Crippen molar-refractivity contribution in [3.8, 4) is 5.75 Å². The van der Waals surface area contributed by atoms with Crippen LogP contribution in [-0.4, -0.2) is 127 Å². The first kappa shape index (κ1) is 37.1. The minimum Gasteiger partial charge on any atom is -0.504 e. The molecule has 4 N–H and O–H groups in total. The van der Waals surface area contributed by atoms with Gasteiger partial charge in [0.05, 0.1) is 4.90 Å². The molecule has 0 atom stereocenters. The zero-order valence-electron chi connectivity index (χ0n) is 18.6. The van der Waals surface area contributed by atoms with Crippen molar-refractivity contribution in [3.63, 3.8) is 0 Å². The molecule has 176 valence electrons. The fourth-order valence-corrected chi connectivity index (χ4v) is 4.82. The minimum absolute atomic E-state index is 0. The van der Waals surface area contributed by atoms with Crippen LogP contribution >= 0.6 is 11.6 Å². The third kappa shape index (κ3) is 8.54. The summed E-state index contributed by atoms with van der Waals surface area (Å²) in [6.45, 7) is 1.50. The molecule has 19 heteroatoms. The van der Waals surface area contributed by atoms with Crippen LogP contribution in [0.5, 0.6) is 5.75 Å². The van der Waals surface area contributed by atoms with E-state index in [0.717, 1.165) is 36.4 Å². The van der Waals surface area contributed by atoms with Crippen LogP contribution in [0.1, 0.15) is 5.56 Å². The van der Waals surface area contributed by atoms with Crippen LogP contribution < -0.4 is 29.6 Å². The maximum atomic E-state index is 11.7. The van der Waals surface area contributed by atoms with Gasteiger partial charge < -0.3 is 5.11 Å². The minimum atomic E-state index is -5.04. The number of fused-ring (bicyclic) bond motifs is 1. The average Bonchev–Trinajstić information content (AvgIpc) is 2.66. The number of halogens is 1. The Labute approximate surface area is 300 Å². The fourth-order valence-electron chi connectivity index (χ4n) is 2.82. The average molecular weight is 688 g/mol. The Balaban J connectivity index is 0.00000408. The van der Waals surface area contributed by atoms with E-state index in [2.05, 4.69) is 10.2 Å². The molecule has 0 aliphatic carbocycles. The molecule has 0 unspecified atom stereocenters. The molecule has 0 heterocycles. The van der Waals surface area contributed by atoms with Crippen LogP contribution in [0.2, 0.25) is 5.02 Å². The molecule has 36 heavy (non-hydrogen) atoms. The van der Waals surface area contributed by atoms with E-state index >= 15 is 0 Å². The van der Waals surface area contributed by atoms with Crippen LogP contribution in [0, 0.1) is 6.92 Å². The predicted octanol–water partition coefficient (Wildman–Crippen LogP) is -0.0949. The summed E-state index contributed by atoms with van der Waals surface area (Å²) >= 11 is 5.88. The summed E-state index contributed by atoms with van der Waals surface area (Å²) in [5, 5.41) is 17.5. The number of phenols is 1. The third-order valence-electron chi connectivity index (χ3n) is 4.37. The van der Waals surface area contributed by atoms with Crippen molar-refractivity contribution in [3.05, 3.63) is 47.0 Å². The van der Waals surface area contributed by atoms with Crippen LogP contribution in [-0.2, 0) is 30.4 Å². The van der Waals surface area contributed by atoms with E-state index in [4.69, 9.17) is 11.6 Å². The Bertz CT molecular complexity index is 1680. The summed E-state index contributed by atoms with van der Waals surface area (Å²) < 4.78 is 97.7. The number of rotatable bonds is 5. The zero-order valence-corrected chi connectivity index (χ0v) is 29.5. The maximum Gasteiger partial charge on any atom is 2.00 e. The van der Waals surface area contributed by atoms with Crippen molar-refractivity contribution in [1.82, 2.24) is 0 Å². The van der Waals surface area contributed by atoms with Gasteiger partial charge in [0.1, 0.15) is 21.2 Å². The first-order valence-corrected chi connectivity index (χ1v) is 13.1. The Kier molecular flexibility index (Phi) is 14.0. The van der Waals surface area contributed by atoms with E-state index in [0.29, 0.717) is 5.56 Å². The van der Waals surface area contributed by atoms with Gasteiger partial charge >= 0.3 is 113 Å². The number of benzene rings is 3. The molecule has 3 aromatic carbocycles. The molecule has 0 aliphatic heterocycles. The molecule has 0 saturated carbocycles. The monoisotopic (exact) mass is 687 g/mol. The van der Waals surface area contributed by atoms with Gasteiger partial charge in [0.25, 0.3) is 30.4 Å². The van der Waals surface area contributed by atoms with E-state index in [1.165, 1.54) is 6.92 Å². The summed E-state index contributed by atoms with van der Waals surface area (Å²) in [6, 6.07) is 5.65. The van der Waals surface area contributed by atoms with Crippen molar-refractivity contribution in [2.75, 3.05) is 0 Å². The smallest absolute Gasteiger partial charge is 0.504 e. The summed E-state index contributed by atoms with van der Waals surface area (Å²) in [7, 11) is -14.5. The van der Waals surface area contributed by atoms with Gasteiger partial charge in [-0.3, -0.25) is 13.7 Å². The van der Waals surface area contributed by atoms with E-state index in [9.17, 15) is 44.0 Å². The molecule has 0 amide bonds. The van der Waals surface area contributed by atoms with Crippen molar-refractivity contribution >= 4 is 147 Å². The number of nitrogens with zero attached hydrogens (tertiary/aromatic N) is 2. The molecule has 3 aromatic rings. The van der Waals surface area contributed by atoms with Crippen molar-refractivity contribution in [2.45, 2.75) is 21.6 Å². The molecule has 0 aromatic heterocycles. The summed E-state index contributed by atoms with van der Waals surface area (Å²) in [4.78, 5) is -2.41. The van der Waals surface area contributed by atoms with E-state index in [1.54, 1.807) is 0 Å². The molecular weight excluding hydrogens is 675 g/mol. The van der Waals surface area contributed by atoms with Crippen LogP contribution in [0.3, 0.4) is 0 Å². The van der Waals surface area contributed by atoms with Crippen LogP contribution in [0.15, 0.2) is 61.3 Å².